The second-order valence-electron chi connectivity index (χ2n) is 6.64. The zero-order chi connectivity index (χ0) is 20.6. The molecule has 8 nitrogen and oxygen atoms in total. The van der Waals surface area contributed by atoms with E-state index in [1.54, 1.807) is 12.1 Å². The van der Waals surface area contributed by atoms with E-state index in [1.807, 2.05) is 0 Å². The monoisotopic (exact) mass is 390 g/mol. The van der Waals surface area contributed by atoms with E-state index in [1.165, 1.54) is 21.3 Å². The van der Waals surface area contributed by atoms with Crippen LogP contribution in [0.3, 0.4) is 0 Å². The molecule has 8 heteroatoms. The molecule has 0 aliphatic heterocycles. The Morgan fingerprint density at radius 1 is 1.11 bits per heavy atom. The van der Waals surface area contributed by atoms with Crippen molar-refractivity contribution in [2.45, 2.75) is 44.1 Å². The van der Waals surface area contributed by atoms with Crippen LogP contribution in [0.25, 0.3) is 0 Å². The minimum atomic E-state index is -0.820. The summed E-state index contributed by atoms with van der Waals surface area (Å²) in [6, 6.07) is 5.69. The van der Waals surface area contributed by atoms with Gasteiger partial charge in [0.2, 0.25) is 5.75 Å². The lowest BCUT2D eigenvalue weighted by atomic mass is 10.00. The van der Waals surface area contributed by atoms with E-state index in [0.717, 1.165) is 18.4 Å². The highest BCUT2D eigenvalue weighted by molar-refractivity contribution is 5.81. The summed E-state index contributed by atoms with van der Waals surface area (Å²) < 4.78 is 20.9. The summed E-state index contributed by atoms with van der Waals surface area (Å²) in [4.78, 5) is 24.0. The number of nitrogens with zero attached hydrogens (tertiary/aromatic N) is 1. The summed E-state index contributed by atoms with van der Waals surface area (Å²) >= 11 is 0. The first kappa shape index (κ1) is 21.4. The fraction of sp³-hybridized carbons (Fsp3) is 0.550. The molecule has 0 saturated heterocycles. The molecule has 1 aromatic carbocycles. The van der Waals surface area contributed by atoms with E-state index in [9.17, 15) is 14.9 Å². The van der Waals surface area contributed by atoms with Crippen LogP contribution in [0.15, 0.2) is 12.1 Å². The normalized spacial score (nSPS) is 14.6. The zero-order valence-corrected chi connectivity index (χ0v) is 16.5. The van der Waals surface area contributed by atoms with Crippen molar-refractivity contribution < 1.29 is 28.5 Å². The second-order valence-corrected chi connectivity index (χ2v) is 6.64. The standard InChI is InChI=1S/C20H26N2O6/c1-25-15-10-14(11-16(26-2)19(15)27-3)6-7-18(24)28-12-17(23)22-20(13-21)8-4-5-9-20/h10-11H,4-9,12H2,1-3H3,(H,22,23). The first-order valence-corrected chi connectivity index (χ1v) is 9.13. The molecule has 2 rings (SSSR count). The van der Waals surface area contributed by atoms with Gasteiger partial charge in [0.05, 0.1) is 27.4 Å². The topological polar surface area (TPSA) is 107 Å². The third kappa shape index (κ3) is 5.28. The predicted molar refractivity (Wildman–Crippen MR) is 100 cm³/mol. The van der Waals surface area contributed by atoms with E-state index in [4.69, 9.17) is 18.9 Å². The Bertz CT molecular complexity index is 725. The molecule has 28 heavy (non-hydrogen) atoms. The van der Waals surface area contributed by atoms with Crippen molar-refractivity contribution in [1.29, 1.82) is 5.26 Å². The van der Waals surface area contributed by atoms with Gasteiger partial charge in [0.15, 0.2) is 18.1 Å². The molecule has 1 aliphatic rings. The van der Waals surface area contributed by atoms with Crippen LogP contribution in [0.1, 0.15) is 37.7 Å². The Morgan fingerprint density at radius 3 is 2.21 bits per heavy atom. The Morgan fingerprint density at radius 2 is 1.71 bits per heavy atom. The lowest BCUT2D eigenvalue weighted by Gasteiger charge is -2.21. The third-order valence-electron chi connectivity index (χ3n) is 4.76. The third-order valence-corrected chi connectivity index (χ3v) is 4.76. The van der Waals surface area contributed by atoms with Gasteiger partial charge >= 0.3 is 5.97 Å². The zero-order valence-electron chi connectivity index (χ0n) is 16.5. The maximum atomic E-state index is 12.0. The molecule has 152 valence electrons. The number of esters is 1. The number of amides is 1. The fourth-order valence-electron chi connectivity index (χ4n) is 3.29. The quantitative estimate of drug-likeness (QED) is 0.644. The van der Waals surface area contributed by atoms with Crippen molar-refractivity contribution in [3.63, 3.8) is 0 Å². The Kier molecular flexibility index (Phi) is 7.50. The van der Waals surface area contributed by atoms with Crippen LogP contribution in [-0.2, 0) is 20.7 Å². The minimum Gasteiger partial charge on any atom is -0.493 e. The van der Waals surface area contributed by atoms with Gasteiger partial charge < -0.3 is 24.3 Å². The summed E-state index contributed by atoms with van der Waals surface area (Å²) in [5, 5.41) is 12.0. The first-order chi connectivity index (χ1) is 13.5. The number of aryl methyl sites for hydroxylation is 1. The average molecular weight is 390 g/mol. The van der Waals surface area contributed by atoms with Crippen LogP contribution in [0.2, 0.25) is 0 Å². The Balaban J connectivity index is 1.85. The van der Waals surface area contributed by atoms with Gasteiger partial charge in [0.1, 0.15) is 5.54 Å². The van der Waals surface area contributed by atoms with Crippen LogP contribution >= 0.6 is 0 Å². The number of rotatable bonds is 9. The molecule has 1 fully saturated rings. The molecule has 0 spiro atoms. The molecule has 0 unspecified atom stereocenters. The van der Waals surface area contributed by atoms with Crippen molar-refractivity contribution in [1.82, 2.24) is 5.32 Å². The number of carbonyl (C=O) groups is 2. The molecule has 0 aromatic heterocycles. The van der Waals surface area contributed by atoms with Gasteiger partial charge in [0, 0.05) is 6.42 Å². The summed E-state index contributed by atoms with van der Waals surface area (Å²) in [6.45, 7) is -0.391. The molecule has 1 aliphatic carbocycles. The van der Waals surface area contributed by atoms with Crippen LogP contribution in [0.4, 0.5) is 0 Å². The van der Waals surface area contributed by atoms with E-state index >= 15 is 0 Å². The van der Waals surface area contributed by atoms with E-state index < -0.39 is 24.0 Å². The lowest BCUT2D eigenvalue weighted by molar-refractivity contribution is -0.148. The number of hydrogen-bond acceptors (Lipinski definition) is 7. The maximum absolute atomic E-state index is 12.0. The molecule has 0 heterocycles. The van der Waals surface area contributed by atoms with E-state index in [2.05, 4.69) is 11.4 Å². The smallest absolute Gasteiger partial charge is 0.306 e. The van der Waals surface area contributed by atoms with E-state index in [-0.39, 0.29) is 6.42 Å². The molecule has 1 N–H and O–H groups in total. The SMILES string of the molecule is COc1cc(CCC(=O)OCC(=O)NC2(C#N)CCCC2)cc(OC)c1OC. The van der Waals surface area contributed by atoms with Crippen molar-refractivity contribution in [3.8, 4) is 23.3 Å². The van der Waals surface area contributed by atoms with Gasteiger partial charge in [-0.05, 0) is 49.8 Å². The van der Waals surface area contributed by atoms with Gasteiger partial charge in [-0.25, -0.2) is 0 Å². The molecule has 0 radical (unpaired) electrons. The first-order valence-electron chi connectivity index (χ1n) is 9.13. The van der Waals surface area contributed by atoms with Gasteiger partial charge in [-0.1, -0.05) is 0 Å². The van der Waals surface area contributed by atoms with Crippen LogP contribution in [0, 0.1) is 11.3 Å². The average Bonchev–Trinajstić information content (AvgIpc) is 3.18. The number of methoxy groups -OCH3 is 3. The largest absolute Gasteiger partial charge is 0.493 e. The van der Waals surface area contributed by atoms with Gasteiger partial charge in [-0.3, -0.25) is 9.59 Å². The number of ether oxygens (including phenoxy) is 4. The summed E-state index contributed by atoms with van der Waals surface area (Å²) in [7, 11) is 4.56. The number of hydrogen-bond donors (Lipinski definition) is 1. The van der Waals surface area contributed by atoms with Crippen LogP contribution in [0.5, 0.6) is 17.2 Å². The number of carbonyl (C=O) groups excluding carboxylic acids is 2. The minimum absolute atomic E-state index is 0.0926. The van der Waals surface area contributed by atoms with Crippen molar-refractivity contribution in [2.75, 3.05) is 27.9 Å². The van der Waals surface area contributed by atoms with Crippen molar-refractivity contribution >= 4 is 11.9 Å². The number of benzene rings is 1. The highest BCUT2D eigenvalue weighted by atomic mass is 16.5. The maximum Gasteiger partial charge on any atom is 0.306 e. The molecular weight excluding hydrogens is 364 g/mol. The lowest BCUT2D eigenvalue weighted by Crippen LogP contribution is -2.46. The summed E-state index contributed by atoms with van der Waals surface area (Å²) in [6.07, 6.45) is 3.55. The molecule has 1 saturated carbocycles. The Labute approximate surface area is 164 Å². The van der Waals surface area contributed by atoms with Gasteiger partial charge in [0.25, 0.3) is 5.91 Å². The van der Waals surface area contributed by atoms with Crippen LogP contribution in [-0.4, -0.2) is 45.4 Å². The molecular formula is C20H26N2O6. The Hall–Kier alpha value is -2.95. The van der Waals surface area contributed by atoms with Crippen LogP contribution < -0.4 is 19.5 Å². The number of nitrogens with one attached hydrogen (secondary N) is 1. The number of nitriles is 1. The predicted octanol–water partition coefficient (Wildman–Crippen LogP) is 2.14. The molecule has 1 amide bonds. The molecule has 0 bridgehead atoms. The van der Waals surface area contributed by atoms with Crippen molar-refractivity contribution in [3.05, 3.63) is 17.7 Å². The second kappa shape index (κ2) is 9.83. The molecule has 0 atom stereocenters. The summed E-state index contributed by atoms with van der Waals surface area (Å²) in [5.41, 5.74) is -0.00930. The highest BCUT2D eigenvalue weighted by Crippen LogP contribution is 2.38. The highest BCUT2D eigenvalue weighted by Gasteiger charge is 2.35. The van der Waals surface area contributed by atoms with Gasteiger partial charge in [-0.2, -0.15) is 5.26 Å². The summed E-state index contributed by atoms with van der Waals surface area (Å²) in [5.74, 6) is 0.531. The molecule has 1 aromatic rings. The van der Waals surface area contributed by atoms with Gasteiger partial charge in [-0.15, -0.1) is 0 Å². The fourth-order valence-corrected chi connectivity index (χ4v) is 3.29. The van der Waals surface area contributed by atoms with E-state index in [0.29, 0.717) is 36.5 Å². The van der Waals surface area contributed by atoms with Crippen molar-refractivity contribution in [2.24, 2.45) is 0 Å².